The summed E-state index contributed by atoms with van der Waals surface area (Å²) in [5.41, 5.74) is 2.61. The summed E-state index contributed by atoms with van der Waals surface area (Å²) in [4.78, 5) is 15.9. The molecule has 0 radical (unpaired) electrons. The van der Waals surface area contributed by atoms with Crippen molar-refractivity contribution in [2.45, 2.75) is 38.3 Å². The fraction of sp³-hybridized carbons (Fsp3) is 0.438. The molecule has 0 aliphatic heterocycles. The van der Waals surface area contributed by atoms with Gasteiger partial charge in [-0.05, 0) is 36.8 Å². The van der Waals surface area contributed by atoms with Gasteiger partial charge in [-0.15, -0.1) is 0 Å². The number of hydrogen-bond acceptors (Lipinski definition) is 3. The quantitative estimate of drug-likeness (QED) is 0.830. The van der Waals surface area contributed by atoms with E-state index in [1.165, 1.54) is 17.5 Å². The molecule has 2 amide bonds. The first-order chi connectivity index (χ1) is 10.8. The lowest BCUT2D eigenvalue weighted by molar-refractivity contribution is 0.235. The zero-order valence-electron chi connectivity index (χ0n) is 12.5. The van der Waals surface area contributed by atoms with Gasteiger partial charge in [-0.2, -0.15) is 5.10 Å². The Morgan fingerprint density at radius 2 is 2.27 bits per heavy atom. The SMILES string of the molecule is O=C(NCCCn1cncn1)N[C@H]1CCCc2ccccc21. The molecule has 1 aromatic heterocycles. The van der Waals surface area contributed by atoms with E-state index in [2.05, 4.69) is 38.9 Å². The maximum absolute atomic E-state index is 12.0. The van der Waals surface area contributed by atoms with Crippen molar-refractivity contribution in [3.05, 3.63) is 48.0 Å². The van der Waals surface area contributed by atoms with Gasteiger partial charge in [0.1, 0.15) is 12.7 Å². The van der Waals surface area contributed by atoms with Crippen molar-refractivity contribution in [1.29, 1.82) is 0 Å². The molecule has 0 saturated heterocycles. The monoisotopic (exact) mass is 299 g/mol. The Bertz CT molecular complexity index is 611. The van der Waals surface area contributed by atoms with Crippen LogP contribution in [0.2, 0.25) is 0 Å². The Hall–Kier alpha value is -2.37. The van der Waals surface area contributed by atoms with E-state index in [1.54, 1.807) is 11.0 Å². The number of rotatable bonds is 5. The lowest BCUT2D eigenvalue weighted by Gasteiger charge is -2.26. The van der Waals surface area contributed by atoms with Gasteiger partial charge >= 0.3 is 6.03 Å². The zero-order chi connectivity index (χ0) is 15.2. The van der Waals surface area contributed by atoms with Crippen LogP contribution in [0.25, 0.3) is 0 Å². The fourth-order valence-corrected chi connectivity index (χ4v) is 2.90. The third-order valence-electron chi connectivity index (χ3n) is 3.99. The number of fused-ring (bicyclic) bond motifs is 1. The summed E-state index contributed by atoms with van der Waals surface area (Å²) in [5, 5.41) is 10.0. The molecule has 2 aromatic rings. The van der Waals surface area contributed by atoms with Crippen molar-refractivity contribution in [2.24, 2.45) is 0 Å². The van der Waals surface area contributed by atoms with Gasteiger partial charge in [0.05, 0.1) is 6.04 Å². The first kappa shape index (κ1) is 14.6. The Morgan fingerprint density at radius 3 is 3.14 bits per heavy atom. The normalized spacial score (nSPS) is 16.8. The van der Waals surface area contributed by atoms with Gasteiger partial charge in [0.15, 0.2) is 0 Å². The molecule has 1 atom stereocenters. The topological polar surface area (TPSA) is 71.8 Å². The molecule has 3 rings (SSSR count). The average molecular weight is 299 g/mol. The number of aryl methyl sites for hydroxylation is 2. The molecule has 6 nitrogen and oxygen atoms in total. The molecule has 22 heavy (non-hydrogen) atoms. The molecule has 0 fully saturated rings. The van der Waals surface area contributed by atoms with Crippen molar-refractivity contribution in [3.8, 4) is 0 Å². The van der Waals surface area contributed by atoms with Crippen LogP contribution in [0.4, 0.5) is 4.79 Å². The molecular formula is C16H21N5O. The molecule has 0 unspecified atom stereocenters. The molecule has 1 heterocycles. The van der Waals surface area contributed by atoms with Crippen molar-refractivity contribution in [1.82, 2.24) is 25.4 Å². The summed E-state index contributed by atoms with van der Waals surface area (Å²) in [5.74, 6) is 0. The largest absolute Gasteiger partial charge is 0.338 e. The van der Waals surface area contributed by atoms with E-state index in [1.807, 2.05) is 6.07 Å². The minimum atomic E-state index is -0.0970. The highest BCUT2D eigenvalue weighted by molar-refractivity contribution is 5.74. The van der Waals surface area contributed by atoms with Crippen LogP contribution in [-0.2, 0) is 13.0 Å². The number of urea groups is 1. The number of benzene rings is 1. The second-order valence-electron chi connectivity index (χ2n) is 5.56. The van der Waals surface area contributed by atoms with Gasteiger partial charge in [-0.3, -0.25) is 4.68 Å². The third kappa shape index (κ3) is 3.63. The highest BCUT2D eigenvalue weighted by Gasteiger charge is 2.20. The third-order valence-corrected chi connectivity index (χ3v) is 3.99. The van der Waals surface area contributed by atoms with Gasteiger partial charge in [0.25, 0.3) is 0 Å². The lowest BCUT2D eigenvalue weighted by Crippen LogP contribution is -2.39. The number of hydrogen-bond donors (Lipinski definition) is 2. The number of nitrogens with zero attached hydrogens (tertiary/aromatic N) is 3. The Balaban J connectivity index is 1.44. The van der Waals surface area contributed by atoms with Crippen molar-refractivity contribution < 1.29 is 4.79 Å². The maximum atomic E-state index is 12.0. The van der Waals surface area contributed by atoms with E-state index in [-0.39, 0.29) is 12.1 Å². The molecule has 2 N–H and O–H groups in total. The number of carbonyl (C=O) groups excluding carboxylic acids is 1. The summed E-state index contributed by atoms with van der Waals surface area (Å²) >= 11 is 0. The minimum absolute atomic E-state index is 0.0970. The van der Waals surface area contributed by atoms with Gasteiger partial charge < -0.3 is 10.6 Å². The van der Waals surface area contributed by atoms with Crippen LogP contribution in [0, 0.1) is 0 Å². The molecule has 6 heteroatoms. The summed E-state index contributed by atoms with van der Waals surface area (Å²) in [6.45, 7) is 1.38. The fourth-order valence-electron chi connectivity index (χ4n) is 2.90. The molecule has 116 valence electrons. The van der Waals surface area contributed by atoms with Crippen LogP contribution in [0.5, 0.6) is 0 Å². The van der Waals surface area contributed by atoms with Crippen molar-refractivity contribution in [3.63, 3.8) is 0 Å². The Labute approximate surface area is 129 Å². The summed E-state index contributed by atoms with van der Waals surface area (Å²) in [6.07, 6.45) is 7.25. The highest BCUT2D eigenvalue weighted by Crippen LogP contribution is 2.29. The van der Waals surface area contributed by atoms with E-state index in [4.69, 9.17) is 0 Å². The van der Waals surface area contributed by atoms with E-state index in [0.717, 1.165) is 32.2 Å². The first-order valence-corrected chi connectivity index (χ1v) is 7.77. The van der Waals surface area contributed by atoms with Crippen molar-refractivity contribution in [2.75, 3.05) is 6.54 Å². The van der Waals surface area contributed by atoms with E-state index in [9.17, 15) is 4.79 Å². The van der Waals surface area contributed by atoms with Gasteiger partial charge in [-0.25, -0.2) is 9.78 Å². The lowest BCUT2D eigenvalue weighted by atomic mass is 9.88. The Kier molecular flexibility index (Phi) is 4.68. The van der Waals surface area contributed by atoms with Crippen LogP contribution >= 0.6 is 0 Å². The first-order valence-electron chi connectivity index (χ1n) is 7.77. The molecular weight excluding hydrogens is 278 g/mol. The summed E-state index contributed by atoms with van der Waals surface area (Å²) < 4.78 is 1.76. The number of carbonyl (C=O) groups is 1. The summed E-state index contributed by atoms with van der Waals surface area (Å²) in [6, 6.07) is 8.39. The molecule has 1 aromatic carbocycles. The highest BCUT2D eigenvalue weighted by atomic mass is 16.2. The van der Waals surface area contributed by atoms with Crippen LogP contribution in [0.15, 0.2) is 36.9 Å². The standard InChI is InChI=1S/C16H21N5O/c22-16(18-9-4-10-21-12-17-11-19-21)20-15-8-3-6-13-5-1-2-7-14(13)15/h1-2,5,7,11-12,15H,3-4,6,8-10H2,(H2,18,20,22)/t15-/m0/s1. The van der Waals surface area contributed by atoms with E-state index >= 15 is 0 Å². The minimum Gasteiger partial charge on any atom is -0.338 e. The zero-order valence-corrected chi connectivity index (χ0v) is 12.5. The maximum Gasteiger partial charge on any atom is 0.315 e. The van der Waals surface area contributed by atoms with Gasteiger partial charge in [0.2, 0.25) is 0 Å². The second kappa shape index (κ2) is 7.06. The molecule has 0 spiro atoms. The molecule has 1 aliphatic carbocycles. The smallest absolute Gasteiger partial charge is 0.315 e. The van der Waals surface area contributed by atoms with Crippen LogP contribution in [0.1, 0.15) is 36.4 Å². The van der Waals surface area contributed by atoms with Crippen LogP contribution in [0.3, 0.4) is 0 Å². The molecule has 0 bridgehead atoms. The van der Waals surface area contributed by atoms with Crippen LogP contribution in [-0.4, -0.2) is 27.3 Å². The number of nitrogens with one attached hydrogen (secondary N) is 2. The molecule has 1 aliphatic rings. The predicted molar refractivity (Wildman–Crippen MR) is 83.3 cm³/mol. The van der Waals surface area contributed by atoms with E-state index < -0.39 is 0 Å². The number of amides is 2. The second-order valence-corrected chi connectivity index (χ2v) is 5.56. The number of aromatic nitrogens is 3. The summed E-state index contributed by atoms with van der Waals surface area (Å²) in [7, 11) is 0. The van der Waals surface area contributed by atoms with Gasteiger partial charge in [0, 0.05) is 13.1 Å². The van der Waals surface area contributed by atoms with Gasteiger partial charge in [-0.1, -0.05) is 24.3 Å². The molecule has 0 saturated carbocycles. The predicted octanol–water partition coefficient (Wildman–Crippen LogP) is 2.04. The average Bonchev–Trinajstić information content (AvgIpc) is 3.05. The van der Waals surface area contributed by atoms with E-state index in [0.29, 0.717) is 6.54 Å². The van der Waals surface area contributed by atoms with Crippen molar-refractivity contribution >= 4 is 6.03 Å². The van der Waals surface area contributed by atoms with Crippen LogP contribution < -0.4 is 10.6 Å². The Morgan fingerprint density at radius 1 is 1.36 bits per heavy atom.